The zero-order chi connectivity index (χ0) is 22.7. The minimum atomic E-state index is -0.120. The topological polar surface area (TPSA) is 95.1 Å². The molecule has 0 saturated carbocycles. The molecule has 8 nitrogen and oxygen atoms in total. The molecule has 3 heterocycles. The maximum Gasteiger partial charge on any atom is 0.228 e. The van der Waals surface area contributed by atoms with E-state index in [1.165, 1.54) is 0 Å². The lowest BCUT2D eigenvalue weighted by Gasteiger charge is -2.13. The van der Waals surface area contributed by atoms with Gasteiger partial charge in [0.1, 0.15) is 5.82 Å². The molecule has 3 N–H and O–H groups in total. The first-order valence-corrected chi connectivity index (χ1v) is 10.9. The van der Waals surface area contributed by atoms with Gasteiger partial charge in [-0.05, 0) is 64.3 Å². The van der Waals surface area contributed by atoms with Crippen LogP contribution in [0.2, 0.25) is 5.02 Å². The first kappa shape index (κ1) is 22.0. The maximum atomic E-state index is 12.3. The minimum absolute atomic E-state index is 0.120. The lowest BCUT2D eigenvalue weighted by Crippen LogP contribution is -2.16. The Balaban J connectivity index is 1.54. The summed E-state index contributed by atoms with van der Waals surface area (Å²) in [6.45, 7) is 3.83. The third-order valence-electron chi connectivity index (χ3n) is 5.15. The Labute approximate surface area is 192 Å². The third-order valence-corrected chi connectivity index (χ3v) is 5.38. The number of benzene rings is 1. The molecule has 0 unspecified atom stereocenters. The molecule has 0 saturated heterocycles. The highest BCUT2D eigenvalue weighted by atomic mass is 35.5. The average Bonchev–Trinajstić information content (AvgIpc) is 2.87. The monoisotopic (exact) mass is 451 g/mol. The number of fused-ring (bicyclic) bond motifs is 3. The van der Waals surface area contributed by atoms with E-state index in [9.17, 15) is 4.79 Å². The summed E-state index contributed by atoms with van der Waals surface area (Å²) in [4.78, 5) is 28.2. The molecule has 2 aromatic heterocycles. The van der Waals surface area contributed by atoms with Gasteiger partial charge in [-0.2, -0.15) is 0 Å². The Morgan fingerprint density at radius 1 is 1.19 bits per heavy atom. The Kier molecular flexibility index (Phi) is 6.53. The van der Waals surface area contributed by atoms with Gasteiger partial charge in [0, 0.05) is 28.9 Å². The molecule has 1 aromatic carbocycles. The molecular formula is C23H26ClN7O. The molecule has 1 aliphatic heterocycles. The second-order valence-corrected chi connectivity index (χ2v) is 8.46. The highest BCUT2D eigenvalue weighted by Crippen LogP contribution is 2.35. The number of pyridine rings is 1. The van der Waals surface area contributed by atoms with E-state index < -0.39 is 0 Å². The summed E-state index contributed by atoms with van der Waals surface area (Å²) in [6.07, 6.45) is 2.94. The van der Waals surface area contributed by atoms with Gasteiger partial charge < -0.3 is 20.9 Å². The van der Waals surface area contributed by atoms with E-state index in [1.54, 1.807) is 18.3 Å². The van der Waals surface area contributed by atoms with Gasteiger partial charge >= 0.3 is 0 Å². The predicted molar refractivity (Wildman–Crippen MR) is 129 cm³/mol. The number of amides is 1. The van der Waals surface area contributed by atoms with Gasteiger partial charge in [-0.15, -0.1) is 0 Å². The van der Waals surface area contributed by atoms with Crippen LogP contribution in [-0.4, -0.2) is 52.9 Å². The van der Waals surface area contributed by atoms with Gasteiger partial charge in [0.25, 0.3) is 0 Å². The minimum Gasteiger partial charge on any atom is -0.370 e. The van der Waals surface area contributed by atoms with Crippen molar-refractivity contribution in [2.75, 3.05) is 43.1 Å². The number of rotatable bonds is 7. The number of aromatic nitrogens is 3. The Morgan fingerprint density at radius 3 is 2.81 bits per heavy atom. The van der Waals surface area contributed by atoms with Crippen LogP contribution in [0.4, 0.5) is 23.1 Å². The van der Waals surface area contributed by atoms with E-state index in [0.717, 1.165) is 47.8 Å². The SMILES string of the molecule is Cc1nc(NCCCN(C)C)ccc1Nc1ncc2c(n1)-c1ccc(Cl)cc1NC(=O)C2. The summed E-state index contributed by atoms with van der Waals surface area (Å²) in [5, 5.41) is 10.1. The molecule has 0 bridgehead atoms. The average molecular weight is 452 g/mol. The van der Waals surface area contributed by atoms with Crippen molar-refractivity contribution in [3.8, 4) is 11.3 Å². The molecule has 3 aromatic rings. The summed E-state index contributed by atoms with van der Waals surface area (Å²) in [7, 11) is 4.13. The van der Waals surface area contributed by atoms with Crippen LogP contribution in [0.3, 0.4) is 0 Å². The van der Waals surface area contributed by atoms with Crippen molar-refractivity contribution < 1.29 is 4.79 Å². The number of halogens is 1. The largest absolute Gasteiger partial charge is 0.370 e. The summed E-state index contributed by atoms with van der Waals surface area (Å²) in [6, 6.07) is 9.29. The second-order valence-electron chi connectivity index (χ2n) is 8.02. The molecule has 0 spiro atoms. The molecule has 0 atom stereocenters. The van der Waals surface area contributed by atoms with Crippen molar-refractivity contribution in [1.29, 1.82) is 0 Å². The van der Waals surface area contributed by atoms with Crippen LogP contribution >= 0.6 is 11.6 Å². The first-order valence-electron chi connectivity index (χ1n) is 10.5. The number of carbonyl (C=O) groups is 1. The van der Waals surface area contributed by atoms with Gasteiger partial charge in [-0.1, -0.05) is 11.6 Å². The number of aryl methyl sites for hydroxylation is 1. The highest BCUT2D eigenvalue weighted by molar-refractivity contribution is 6.31. The fourth-order valence-corrected chi connectivity index (χ4v) is 3.72. The smallest absolute Gasteiger partial charge is 0.228 e. The van der Waals surface area contributed by atoms with Crippen LogP contribution in [-0.2, 0) is 11.2 Å². The number of nitrogens with zero attached hydrogens (tertiary/aromatic N) is 4. The number of carbonyl (C=O) groups excluding carboxylic acids is 1. The van der Waals surface area contributed by atoms with Crippen molar-refractivity contribution in [1.82, 2.24) is 19.9 Å². The lowest BCUT2D eigenvalue weighted by molar-refractivity contribution is -0.115. The predicted octanol–water partition coefficient (Wildman–Crippen LogP) is 4.10. The van der Waals surface area contributed by atoms with Crippen LogP contribution < -0.4 is 16.0 Å². The van der Waals surface area contributed by atoms with E-state index >= 15 is 0 Å². The molecular weight excluding hydrogens is 426 g/mol. The van der Waals surface area contributed by atoms with Crippen molar-refractivity contribution >= 4 is 40.6 Å². The van der Waals surface area contributed by atoms with Crippen LogP contribution in [0.15, 0.2) is 36.5 Å². The zero-order valence-corrected chi connectivity index (χ0v) is 19.1. The molecule has 1 amide bonds. The van der Waals surface area contributed by atoms with Gasteiger partial charge in [-0.3, -0.25) is 4.79 Å². The van der Waals surface area contributed by atoms with Crippen molar-refractivity contribution in [3.05, 3.63) is 52.8 Å². The van der Waals surface area contributed by atoms with Crippen LogP contribution in [0.5, 0.6) is 0 Å². The van der Waals surface area contributed by atoms with Gasteiger partial charge in [-0.25, -0.2) is 15.0 Å². The highest BCUT2D eigenvalue weighted by Gasteiger charge is 2.21. The second kappa shape index (κ2) is 9.50. The standard InChI is InChI=1S/C23H26ClN7O/c1-14-18(7-8-20(27-14)25-9-4-10-31(2)3)29-23-26-13-15-11-21(32)28-19-12-16(24)5-6-17(19)22(15)30-23/h5-8,12-13H,4,9-11H2,1-3H3,(H,25,27)(H,28,32)(H,26,29,30). The zero-order valence-electron chi connectivity index (χ0n) is 18.4. The van der Waals surface area contributed by atoms with Gasteiger partial charge in [0.15, 0.2) is 0 Å². The first-order chi connectivity index (χ1) is 15.4. The van der Waals surface area contributed by atoms with E-state index in [4.69, 9.17) is 16.6 Å². The summed E-state index contributed by atoms with van der Waals surface area (Å²) in [5.41, 5.74) is 4.59. The summed E-state index contributed by atoms with van der Waals surface area (Å²) in [5.74, 6) is 1.16. The molecule has 0 fully saturated rings. The summed E-state index contributed by atoms with van der Waals surface area (Å²) >= 11 is 6.12. The lowest BCUT2D eigenvalue weighted by atomic mass is 10.1. The Morgan fingerprint density at radius 2 is 2.03 bits per heavy atom. The molecule has 4 rings (SSSR count). The Hall–Kier alpha value is -3.23. The van der Waals surface area contributed by atoms with Crippen molar-refractivity contribution in [2.45, 2.75) is 19.8 Å². The molecule has 32 heavy (non-hydrogen) atoms. The van der Waals surface area contributed by atoms with Crippen LogP contribution in [0.1, 0.15) is 17.7 Å². The van der Waals surface area contributed by atoms with Crippen molar-refractivity contribution in [3.63, 3.8) is 0 Å². The van der Waals surface area contributed by atoms with E-state index in [-0.39, 0.29) is 12.3 Å². The van der Waals surface area contributed by atoms with Crippen LogP contribution in [0, 0.1) is 6.92 Å². The molecule has 166 valence electrons. The van der Waals surface area contributed by atoms with E-state index in [2.05, 4.69) is 44.9 Å². The quantitative estimate of drug-likeness (QED) is 0.465. The number of hydrogen-bond donors (Lipinski definition) is 3. The molecule has 0 aliphatic carbocycles. The van der Waals surface area contributed by atoms with Gasteiger partial charge in [0.05, 0.1) is 29.2 Å². The fourth-order valence-electron chi connectivity index (χ4n) is 3.55. The maximum absolute atomic E-state index is 12.3. The molecule has 1 aliphatic rings. The normalized spacial score (nSPS) is 12.6. The molecule has 0 radical (unpaired) electrons. The molecule has 9 heteroatoms. The van der Waals surface area contributed by atoms with Crippen molar-refractivity contribution in [2.24, 2.45) is 0 Å². The van der Waals surface area contributed by atoms with Crippen LogP contribution in [0.25, 0.3) is 11.3 Å². The third kappa shape index (κ3) is 5.15. The Bertz CT molecular complexity index is 1150. The summed E-state index contributed by atoms with van der Waals surface area (Å²) < 4.78 is 0. The van der Waals surface area contributed by atoms with E-state index in [1.807, 2.05) is 25.1 Å². The number of hydrogen-bond acceptors (Lipinski definition) is 7. The number of anilines is 4. The van der Waals surface area contributed by atoms with E-state index in [0.29, 0.717) is 22.4 Å². The van der Waals surface area contributed by atoms with Gasteiger partial charge in [0.2, 0.25) is 11.9 Å². The fraction of sp³-hybridized carbons (Fsp3) is 0.304. The number of nitrogens with one attached hydrogen (secondary N) is 3.